The van der Waals surface area contributed by atoms with Gasteiger partial charge >= 0.3 is 6.36 Å². The number of halogens is 3. The van der Waals surface area contributed by atoms with Crippen LogP contribution in [0.15, 0.2) is 29.3 Å². The zero-order valence-corrected chi connectivity index (χ0v) is 16.7. The molecule has 156 valence electrons. The Hall–Kier alpha value is -2.45. The first-order valence-electron chi connectivity index (χ1n) is 9.00. The highest BCUT2D eigenvalue weighted by Gasteiger charge is 2.42. The van der Waals surface area contributed by atoms with Gasteiger partial charge in [-0.25, -0.2) is 0 Å². The van der Waals surface area contributed by atoms with Crippen LogP contribution in [0.25, 0.3) is 0 Å². The third-order valence-corrected chi connectivity index (χ3v) is 4.12. The molecule has 0 aromatic heterocycles. The average Bonchev–Trinajstić information content (AvgIpc) is 3.28. The molecule has 0 radical (unpaired) electrons. The second-order valence-electron chi connectivity index (χ2n) is 7.88. The molecule has 28 heavy (non-hydrogen) atoms. The van der Waals surface area contributed by atoms with Crippen molar-refractivity contribution in [1.82, 2.24) is 15.5 Å². The van der Waals surface area contributed by atoms with Crippen LogP contribution in [0, 0.1) is 0 Å². The molecule has 1 aliphatic rings. The summed E-state index contributed by atoms with van der Waals surface area (Å²) in [6.07, 6.45) is -4.08. The smallest absolute Gasteiger partial charge is 0.405 e. The van der Waals surface area contributed by atoms with Gasteiger partial charge in [0.05, 0.1) is 6.54 Å². The molecular weight excluding hydrogens is 373 g/mol. The first-order chi connectivity index (χ1) is 12.9. The maximum Gasteiger partial charge on any atom is 0.573 e. The van der Waals surface area contributed by atoms with E-state index in [0.717, 1.165) is 0 Å². The standard InChI is InChI=1S/C19H27F3N4O2/c1-18(2,3)25-16(27)11-26(5)17(23-4)24-14-10-13(14)12-8-6-7-9-15(12)28-19(20,21)22/h6-9,13-14H,10-11H2,1-5H3,(H,23,24)(H,25,27). The number of nitrogens with one attached hydrogen (secondary N) is 2. The number of para-hydroxylation sites is 1. The molecular formula is C19H27F3N4O2. The lowest BCUT2D eigenvalue weighted by molar-refractivity contribution is -0.274. The number of likely N-dealkylation sites (N-methyl/N-ethyl adjacent to an activating group) is 1. The first kappa shape index (κ1) is 21.8. The number of guanidine groups is 1. The van der Waals surface area contributed by atoms with Gasteiger partial charge in [0.15, 0.2) is 5.96 Å². The highest BCUT2D eigenvalue weighted by molar-refractivity contribution is 5.87. The van der Waals surface area contributed by atoms with Gasteiger partial charge in [-0.15, -0.1) is 13.2 Å². The predicted octanol–water partition coefficient (Wildman–Crippen LogP) is 2.86. The number of benzene rings is 1. The minimum absolute atomic E-state index is 0.0789. The number of alkyl halides is 3. The van der Waals surface area contributed by atoms with E-state index >= 15 is 0 Å². The topological polar surface area (TPSA) is 66.0 Å². The fourth-order valence-electron chi connectivity index (χ4n) is 2.96. The van der Waals surface area contributed by atoms with Crippen molar-refractivity contribution in [3.63, 3.8) is 0 Å². The Balaban J connectivity index is 1.97. The predicted molar refractivity (Wildman–Crippen MR) is 101 cm³/mol. The van der Waals surface area contributed by atoms with E-state index in [0.29, 0.717) is 17.9 Å². The van der Waals surface area contributed by atoms with Crippen LogP contribution in [0.2, 0.25) is 0 Å². The van der Waals surface area contributed by atoms with Gasteiger partial charge in [-0.1, -0.05) is 18.2 Å². The SMILES string of the molecule is CN=C(NC1CC1c1ccccc1OC(F)(F)F)N(C)CC(=O)NC(C)(C)C. The summed E-state index contributed by atoms with van der Waals surface area (Å²) in [5.41, 5.74) is 0.166. The number of carbonyl (C=O) groups is 1. The maximum absolute atomic E-state index is 12.6. The second-order valence-corrected chi connectivity index (χ2v) is 7.88. The van der Waals surface area contributed by atoms with Gasteiger partial charge in [-0.3, -0.25) is 9.79 Å². The Morgan fingerprint density at radius 2 is 1.93 bits per heavy atom. The fraction of sp³-hybridized carbons (Fsp3) is 0.579. The minimum atomic E-state index is -4.73. The number of aliphatic imine (C=N–C) groups is 1. The van der Waals surface area contributed by atoms with Gasteiger partial charge in [0.2, 0.25) is 5.91 Å². The number of hydrogen-bond donors (Lipinski definition) is 2. The van der Waals surface area contributed by atoms with Crippen LogP contribution >= 0.6 is 0 Å². The summed E-state index contributed by atoms with van der Waals surface area (Å²) in [5.74, 6) is 0.0595. The molecule has 1 aromatic carbocycles. The summed E-state index contributed by atoms with van der Waals surface area (Å²) in [4.78, 5) is 17.9. The summed E-state index contributed by atoms with van der Waals surface area (Å²) in [7, 11) is 3.33. The largest absolute Gasteiger partial charge is 0.573 e. The van der Waals surface area contributed by atoms with Crippen molar-refractivity contribution in [2.75, 3.05) is 20.6 Å². The summed E-state index contributed by atoms with van der Waals surface area (Å²) in [5, 5.41) is 6.08. The number of hydrogen-bond acceptors (Lipinski definition) is 3. The molecule has 1 aromatic rings. The number of carbonyl (C=O) groups excluding carboxylic acids is 1. The van der Waals surface area contributed by atoms with Crippen molar-refractivity contribution in [3.05, 3.63) is 29.8 Å². The Labute approximate surface area is 163 Å². The molecule has 2 rings (SSSR count). The van der Waals surface area contributed by atoms with Crippen LogP contribution in [0.5, 0.6) is 5.75 Å². The van der Waals surface area contributed by atoms with Crippen molar-refractivity contribution >= 4 is 11.9 Å². The lowest BCUT2D eigenvalue weighted by atomic mass is 10.1. The van der Waals surface area contributed by atoms with Gasteiger partial charge in [0.25, 0.3) is 0 Å². The highest BCUT2D eigenvalue weighted by atomic mass is 19.4. The fourth-order valence-corrected chi connectivity index (χ4v) is 2.96. The Bertz CT molecular complexity index is 729. The zero-order valence-electron chi connectivity index (χ0n) is 16.7. The number of amides is 1. The summed E-state index contributed by atoms with van der Waals surface area (Å²) < 4.78 is 42.0. The Morgan fingerprint density at radius 3 is 2.50 bits per heavy atom. The normalized spacial score (nSPS) is 19.8. The molecule has 6 nitrogen and oxygen atoms in total. The molecule has 2 atom stereocenters. The first-order valence-corrected chi connectivity index (χ1v) is 9.00. The van der Waals surface area contributed by atoms with Gasteiger partial charge in [0.1, 0.15) is 5.75 Å². The van der Waals surface area contributed by atoms with Crippen LogP contribution in [0.1, 0.15) is 38.7 Å². The molecule has 0 heterocycles. The van der Waals surface area contributed by atoms with Crippen molar-refractivity contribution in [2.24, 2.45) is 4.99 Å². The zero-order chi connectivity index (χ0) is 21.1. The molecule has 9 heteroatoms. The van der Waals surface area contributed by atoms with Crippen LogP contribution in [-0.4, -0.2) is 55.3 Å². The van der Waals surface area contributed by atoms with E-state index in [-0.39, 0.29) is 35.7 Å². The third kappa shape index (κ3) is 6.61. The van der Waals surface area contributed by atoms with E-state index in [4.69, 9.17) is 0 Å². The van der Waals surface area contributed by atoms with Crippen LogP contribution in [0.4, 0.5) is 13.2 Å². The monoisotopic (exact) mass is 400 g/mol. The Morgan fingerprint density at radius 1 is 1.29 bits per heavy atom. The third-order valence-electron chi connectivity index (χ3n) is 4.12. The van der Waals surface area contributed by atoms with E-state index in [2.05, 4.69) is 20.4 Å². The van der Waals surface area contributed by atoms with Crippen molar-refractivity contribution in [1.29, 1.82) is 0 Å². The molecule has 0 aliphatic heterocycles. The molecule has 1 saturated carbocycles. The highest BCUT2D eigenvalue weighted by Crippen LogP contribution is 2.45. The summed E-state index contributed by atoms with van der Waals surface area (Å²) in [6.45, 7) is 5.80. The number of nitrogens with zero attached hydrogens (tertiary/aromatic N) is 2. The lowest BCUT2D eigenvalue weighted by Gasteiger charge is -2.25. The average molecular weight is 400 g/mol. The van der Waals surface area contributed by atoms with E-state index in [1.165, 1.54) is 12.1 Å². The molecule has 2 unspecified atom stereocenters. The van der Waals surface area contributed by atoms with Crippen LogP contribution in [0.3, 0.4) is 0 Å². The van der Waals surface area contributed by atoms with E-state index in [1.54, 1.807) is 31.1 Å². The molecule has 0 bridgehead atoms. The maximum atomic E-state index is 12.6. The molecule has 1 amide bonds. The summed E-state index contributed by atoms with van der Waals surface area (Å²) in [6, 6.07) is 6.07. The quantitative estimate of drug-likeness (QED) is 0.589. The van der Waals surface area contributed by atoms with Crippen LogP contribution in [-0.2, 0) is 4.79 Å². The Kier molecular flexibility index (Phi) is 6.46. The van der Waals surface area contributed by atoms with Crippen LogP contribution < -0.4 is 15.4 Å². The lowest BCUT2D eigenvalue weighted by Crippen LogP contribution is -2.49. The van der Waals surface area contributed by atoms with Gasteiger partial charge in [-0.05, 0) is 38.8 Å². The second kappa shape index (κ2) is 8.28. The van der Waals surface area contributed by atoms with E-state index in [9.17, 15) is 18.0 Å². The molecule has 1 fully saturated rings. The molecule has 0 saturated heterocycles. The molecule has 2 N–H and O–H groups in total. The number of ether oxygens (including phenoxy) is 1. The van der Waals surface area contributed by atoms with Crippen molar-refractivity contribution < 1.29 is 22.7 Å². The summed E-state index contributed by atoms with van der Waals surface area (Å²) >= 11 is 0. The number of rotatable bonds is 5. The van der Waals surface area contributed by atoms with Gasteiger partial charge in [-0.2, -0.15) is 0 Å². The molecule has 0 spiro atoms. The van der Waals surface area contributed by atoms with Crippen molar-refractivity contribution in [3.8, 4) is 5.75 Å². The minimum Gasteiger partial charge on any atom is -0.405 e. The van der Waals surface area contributed by atoms with E-state index < -0.39 is 6.36 Å². The van der Waals surface area contributed by atoms with Gasteiger partial charge in [0, 0.05) is 31.6 Å². The van der Waals surface area contributed by atoms with Gasteiger partial charge < -0.3 is 20.3 Å². The van der Waals surface area contributed by atoms with E-state index in [1.807, 2.05) is 20.8 Å². The molecule has 1 aliphatic carbocycles. The van der Waals surface area contributed by atoms with Crippen molar-refractivity contribution in [2.45, 2.75) is 51.1 Å².